The molecule has 114 valence electrons. The maximum Gasteiger partial charge on any atom is 0.416 e. The van der Waals surface area contributed by atoms with E-state index < -0.39 is 11.7 Å². The number of fused-ring (bicyclic) bond motifs is 1. The van der Waals surface area contributed by atoms with E-state index in [1.54, 1.807) is 0 Å². The highest BCUT2D eigenvalue weighted by Gasteiger charge is 2.32. The van der Waals surface area contributed by atoms with Gasteiger partial charge in [-0.25, -0.2) is 0 Å². The third-order valence-electron chi connectivity index (χ3n) is 3.88. The number of hydrogen-bond donors (Lipinski definition) is 1. The molecule has 2 aromatic rings. The van der Waals surface area contributed by atoms with Crippen LogP contribution in [0.15, 0.2) is 42.5 Å². The topological polar surface area (TPSA) is 29.1 Å². The Balaban J connectivity index is 1.85. The van der Waals surface area contributed by atoms with E-state index in [9.17, 15) is 18.0 Å². The normalized spacial score (nSPS) is 17.3. The van der Waals surface area contributed by atoms with Crippen molar-refractivity contribution in [2.24, 2.45) is 0 Å². The molecule has 1 N–H and O–H groups in total. The van der Waals surface area contributed by atoms with Gasteiger partial charge in [0.1, 0.15) is 0 Å². The Bertz CT molecular complexity index is 720. The molecule has 1 aliphatic heterocycles. The molecule has 2 nitrogen and oxygen atoms in total. The summed E-state index contributed by atoms with van der Waals surface area (Å²) in [4.78, 5) is 12.1. The van der Waals surface area contributed by atoms with Gasteiger partial charge in [0.05, 0.1) is 11.5 Å². The molecule has 0 spiro atoms. The molecule has 0 saturated carbocycles. The van der Waals surface area contributed by atoms with Crippen molar-refractivity contribution in [1.82, 2.24) is 0 Å². The molecule has 1 amide bonds. The van der Waals surface area contributed by atoms with E-state index in [-0.39, 0.29) is 11.8 Å². The molecule has 0 fully saturated rings. The predicted molar refractivity (Wildman–Crippen MR) is 77.7 cm³/mol. The minimum atomic E-state index is -4.34. The first kappa shape index (κ1) is 14.6. The van der Waals surface area contributed by atoms with Crippen LogP contribution in [0.5, 0.6) is 0 Å². The number of alkyl halides is 3. The summed E-state index contributed by atoms with van der Waals surface area (Å²) in [5, 5.41) is 2.81. The fourth-order valence-electron chi connectivity index (χ4n) is 2.71. The van der Waals surface area contributed by atoms with Crippen molar-refractivity contribution >= 4 is 11.6 Å². The van der Waals surface area contributed by atoms with Crippen LogP contribution in [0.3, 0.4) is 0 Å². The Labute approximate surface area is 126 Å². The monoisotopic (exact) mass is 305 g/mol. The second-order valence-corrected chi connectivity index (χ2v) is 5.53. The Kier molecular flexibility index (Phi) is 3.43. The van der Waals surface area contributed by atoms with Crippen LogP contribution >= 0.6 is 0 Å². The smallest absolute Gasteiger partial charge is 0.325 e. The molecule has 3 rings (SSSR count). The molecule has 0 aliphatic carbocycles. The molecule has 0 bridgehead atoms. The van der Waals surface area contributed by atoms with Crippen molar-refractivity contribution in [3.8, 4) is 0 Å². The molecular weight excluding hydrogens is 291 g/mol. The van der Waals surface area contributed by atoms with E-state index in [4.69, 9.17) is 0 Å². The number of hydrogen-bond acceptors (Lipinski definition) is 1. The average molecular weight is 305 g/mol. The van der Waals surface area contributed by atoms with Gasteiger partial charge in [-0.3, -0.25) is 4.79 Å². The summed E-state index contributed by atoms with van der Waals surface area (Å²) in [6.07, 6.45) is -3.95. The van der Waals surface area contributed by atoms with E-state index in [1.807, 2.05) is 25.1 Å². The second-order valence-electron chi connectivity index (χ2n) is 5.53. The van der Waals surface area contributed by atoms with Gasteiger partial charge in [-0.05, 0) is 42.7 Å². The fraction of sp³-hybridized carbons (Fsp3) is 0.235. The van der Waals surface area contributed by atoms with Crippen LogP contribution in [0.25, 0.3) is 0 Å². The van der Waals surface area contributed by atoms with Gasteiger partial charge in [0.15, 0.2) is 0 Å². The standard InChI is InChI=1S/C17H14F3NO/c1-10-2-7-15-13(8-10)14(16(22)21-15)9-11-3-5-12(6-4-11)17(18,19)20/h2-8,14H,9H2,1H3,(H,21,22)/t14-/m0/s1. The van der Waals surface area contributed by atoms with Crippen LogP contribution in [-0.2, 0) is 17.4 Å². The Morgan fingerprint density at radius 3 is 2.41 bits per heavy atom. The van der Waals surface area contributed by atoms with E-state index in [1.165, 1.54) is 12.1 Å². The lowest BCUT2D eigenvalue weighted by Gasteiger charge is -2.11. The van der Waals surface area contributed by atoms with Crippen LogP contribution in [0, 0.1) is 6.92 Å². The van der Waals surface area contributed by atoms with Crippen LogP contribution in [0.2, 0.25) is 0 Å². The fourth-order valence-corrected chi connectivity index (χ4v) is 2.71. The van der Waals surface area contributed by atoms with Crippen molar-refractivity contribution in [3.05, 3.63) is 64.7 Å². The molecule has 22 heavy (non-hydrogen) atoms. The SMILES string of the molecule is Cc1ccc2c(c1)[C@H](Cc1ccc(C(F)(F)F)cc1)C(=O)N2. The zero-order valence-electron chi connectivity index (χ0n) is 11.9. The summed E-state index contributed by atoms with van der Waals surface area (Å²) in [7, 11) is 0. The number of amides is 1. The quantitative estimate of drug-likeness (QED) is 0.881. The van der Waals surface area contributed by atoms with Crippen LogP contribution in [0.4, 0.5) is 18.9 Å². The predicted octanol–water partition coefficient (Wildman–Crippen LogP) is 4.29. The number of benzene rings is 2. The minimum Gasteiger partial charge on any atom is -0.325 e. The van der Waals surface area contributed by atoms with Gasteiger partial charge in [0, 0.05) is 5.69 Å². The summed E-state index contributed by atoms with van der Waals surface area (Å²) in [5.41, 5.74) is 2.77. The van der Waals surface area contributed by atoms with Gasteiger partial charge in [0.2, 0.25) is 5.91 Å². The molecule has 1 aliphatic rings. The zero-order chi connectivity index (χ0) is 15.9. The van der Waals surface area contributed by atoms with Crippen molar-refractivity contribution in [2.45, 2.75) is 25.4 Å². The van der Waals surface area contributed by atoms with Crippen molar-refractivity contribution in [2.75, 3.05) is 5.32 Å². The maximum atomic E-state index is 12.6. The first-order chi connectivity index (χ1) is 10.3. The van der Waals surface area contributed by atoms with Gasteiger partial charge in [-0.2, -0.15) is 13.2 Å². The molecule has 5 heteroatoms. The Hall–Kier alpha value is -2.30. The highest BCUT2D eigenvalue weighted by Crippen LogP contribution is 2.36. The van der Waals surface area contributed by atoms with Crippen molar-refractivity contribution in [1.29, 1.82) is 0 Å². The van der Waals surface area contributed by atoms with Crippen molar-refractivity contribution < 1.29 is 18.0 Å². The lowest BCUT2D eigenvalue weighted by atomic mass is 9.92. The molecular formula is C17H14F3NO. The van der Waals surface area contributed by atoms with Crippen LogP contribution in [0.1, 0.15) is 28.2 Å². The average Bonchev–Trinajstić information content (AvgIpc) is 2.75. The summed E-state index contributed by atoms with van der Waals surface area (Å²) in [5.74, 6) is -0.466. The lowest BCUT2D eigenvalue weighted by molar-refractivity contribution is -0.137. The van der Waals surface area contributed by atoms with Gasteiger partial charge < -0.3 is 5.32 Å². The highest BCUT2D eigenvalue weighted by molar-refractivity contribution is 6.03. The number of rotatable bonds is 2. The number of halogens is 3. The first-order valence-electron chi connectivity index (χ1n) is 6.92. The summed E-state index contributed by atoms with van der Waals surface area (Å²) < 4.78 is 37.7. The zero-order valence-corrected chi connectivity index (χ0v) is 11.9. The summed E-state index contributed by atoms with van der Waals surface area (Å²) in [6, 6.07) is 10.7. The third-order valence-corrected chi connectivity index (χ3v) is 3.88. The van der Waals surface area contributed by atoms with Gasteiger partial charge in [-0.1, -0.05) is 29.8 Å². The van der Waals surface area contributed by atoms with Gasteiger partial charge in [0.25, 0.3) is 0 Å². The molecule has 0 aromatic heterocycles. The Morgan fingerprint density at radius 2 is 1.77 bits per heavy atom. The summed E-state index contributed by atoms with van der Waals surface area (Å²) >= 11 is 0. The van der Waals surface area contributed by atoms with Gasteiger partial charge >= 0.3 is 6.18 Å². The number of carbonyl (C=O) groups excluding carboxylic acids is 1. The van der Waals surface area contributed by atoms with E-state index in [0.717, 1.165) is 28.9 Å². The molecule has 0 radical (unpaired) electrons. The molecule has 2 aromatic carbocycles. The Morgan fingerprint density at radius 1 is 1.09 bits per heavy atom. The van der Waals surface area contributed by atoms with E-state index in [0.29, 0.717) is 12.0 Å². The number of anilines is 1. The first-order valence-corrected chi connectivity index (χ1v) is 6.92. The highest BCUT2D eigenvalue weighted by atomic mass is 19.4. The number of nitrogens with one attached hydrogen (secondary N) is 1. The van der Waals surface area contributed by atoms with Crippen LogP contribution < -0.4 is 5.32 Å². The lowest BCUT2D eigenvalue weighted by Crippen LogP contribution is -2.14. The molecule has 1 heterocycles. The van der Waals surface area contributed by atoms with Gasteiger partial charge in [-0.15, -0.1) is 0 Å². The molecule has 0 unspecified atom stereocenters. The molecule has 0 saturated heterocycles. The van der Waals surface area contributed by atoms with Crippen LogP contribution in [-0.4, -0.2) is 5.91 Å². The van der Waals surface area contributed by atoms with Crippen molar-refractivity contribution in [3.63, 3.8) is 0 Å². The number of aryl methyl sites for hydroxylation is 1. The number of carbonyl (C=O) groups is 1. The van der Waals surface area contributed by atoms with E-state index in [2.05, 4.69) is 5.32 Å². The maximum absolute atomic E-state index is 12.6. The summed E-state index contributed by atoms with van der Waals surface area (Å²) in [6.45, 7) is 1.94. The third kappa shape index (κ3) is 2.71. The second kappa shape index (κ2) is 5.16. The van der Waals surface area contributed by atoms with E-state index >= 15 is 0 Å². The minimum absolute atomic E-state index is 0.111. The molecule has 1 atom stereocenters. The largest absolute Gasteiger partial charge is 0.416 e.